The third-order valence-electron chi connectivity index (χ3n) is 3.42. The molecule has 1 unspecified atom stereocenters. The van der Waals surface area contributed by atoms with Crippen LogP contribution in [0.4, 0.5) is 5.69 Å². The van der Waals surface area contributed by atoms with Gasteiger partial charge in [-0.3, -0.25) is 4.68 Å². The summed E-state index contributed by atoms with van der Waals surface area (Å²) in [6, 6.07) is 4.60. The average Bonchev–Trinajstić information content (AvgIpc) is 2.72. The Kier molecular flexibility index (Phi) is 4.43. The standard InChI is InChI=1S/C14H19N3O4S/c1-9-14(10(2)17(3)15-9)16-22(18,19)11-6-7-12(20-4)13(8-11)21-5/h6-8H,1-5H3,(H-,16,18,19)/p+1. The van der Waals surface area contributed by atoms with Gasteiger partial charge in [-0.2, -0.15) is 14.4 Å². The SMILES string of the molecule is COc1ccc([S+](=O)(O)Nc2c(C)nn(C)c2C)cc1OC. The number of rotatable bonds is 5. The normalized spacial score (nSPS) is 13.5. The molecule has 2 rings (SSSR count). The van der Waals surface area contributed by atoms with Crippen LogP contribution < -0.4 is 14.2 Å². The maximum atomic E-state index is 12.6. The molecule has 0 spiro atoms. The summed E-state index contributed by atoms with van der Waals surface area (Å²) in [4.78, 5) is 0.202. The van der Waals surface area contributed by atoms with E-state index in [4.69, 9.17) is 9.47 Å². The van der Waals surface area contributed by atoms with E-state index >= 15 is 0 Å². The molecule has 2 aromatic rings. The molecular formula is C14H20N3O4S+. The molecule has 22 heavy (non-hydrogen) atoms. The van der Waals surface area contributed by atoms with Crippen LogP contribution in [0.25, 0.3) is 0 Å². The Morgan fingerprint density at radius 2 is 1.86 bits per heavy atom. The molecule has 120 valence electrons. The highest BCUT2D eigenvalue weighted by Gasteiger charge is 2.33. The molecule has 1 aromatic carbocycles. The predicted octanol–water partition coefficient (Wildman–Crippen LogP) is 2.41. The van der Waals surface area contributed by atoms with Gasteiger partial charge in [-0.05, 0) is 24.1 Å². The number of hydrogen-bond donors (Lipinski definition) is 2. The molecule has 0 bridgehead atoms. The largest absolute Gasteiger partial charge is 0.493 e. The molecule has 0 aliphatic heterocycles. The second-order valence-corrected chi connectivity index (χ2v) is 6.54. The Morgan fingerprint density at radius 1 is 1.23 bits per heavy atom. The van der Waals surface area contributed by atoms with Crippen LogP contribution >= 0.6 is 0 Å². The zero-order chi connectivity index (χ0) is 16.5. The van der Waals surface area contributed by atoms with Crippen molar-refractivity contribution >= 4 is 16.1 Å². The molecule has 0 aliphatic carbocycles. The molecule has 0 saturated carbocycles. The van der Waals surface area contributed by atoms with E-state index in [9.17, 15) is 8.76 Å². The van der Waals surface area contributed by atoms with Gasteiger partial charge < -0.3 is 9.47 Å². The smallest absolute Gasteiger partial charge is 0.346 e. The Bertz CT molecular complexity index is 742. The van der Waals surface area contributed by atoms with Crippen LogP contribution in [-0.4, -0.2) is 28.6 Å². The molecule has 1 heterocycles. The minimum Gasteiger partial charge on any atom is -0.493 e. The second kappa shape index (κ2) is 5.98. The molecule has 0 aliphatic rings. The minimum atomic E-state index is -3.49. The summed E-state index contributed by atoms with van der Waals surface area (Å²) >= 11 is 0. The fourth-order valence-electron chi connectivity index (χ4n) is 2.11. The van der Waals surface area contributed by atoms with Crippen molar-refractivity contribution < 1.29 is 18.2 Å². The summed E-state index contributed by atoms with van der Waals surface area (Å²) in [5.74, 6) is 0.887. The fourth-order valence-corrected chi connectivity index (χ4v) is 3.32. The number of hydrogen-bond acceptors (Lipinski definition) is 4. The van der Waals surface area contributed by atoms with Crippen molar-refractivity contribution in [3.63, 3.8) is 0 Å². The van der Waals surface area contributed by atoms with Gasteiger partial charge in [-0.25, -0.2) is 0 Å². The van der Waals surface area contributed by atoms with Crippen LogP contribution in [0.15, 0.2) is 23.1 Å². The molecule has 1 aromatic heterocycles. The first-order valence-corrected chi connectivity index (χ1v) is 8.08. The first-order valence-electron chi connectivity index (χ1n) is 6.56. The van der Waals surface area contributed by atoms with Crippen LogP contribution in [0.3, 0.4) is 0 Å². The summed E-state index contributed by atoms with van der Waals surface area (Å²) in [7, 11) is 1.27. The Morgan fingerprint density at radius 3 is 2.36 bits per heavy atom. The Balaban J connectivity index is 2.40. The summed E-state index contributed by atoms with van der Waals surface area (Å²) in [5.41, 5.74) is 1.98. The van der Waals surface area contributed by atoms with Crippen LogP contribution in [-0.2, 0) is 21.7 Å². The first kappa shape index (κ1) is 16.3. The lowest BCUT2D eigenvalue weighted by molar-refractivity contribution is 0.353. The Hall–Kier alpha value is -2.06. The lowest BCUT2D eigenvalue weighted by Gasteiger charge is -2.10. The van der Waals surface area contributed by atoms with Crippen LogP contribution in [0.2, 0.25) is 0 Å². The highest BCUT2D eigenvalue weighted by molar-refractivity contribution is 7.99. The van der Waals surface area contributed by atoms with E-state index in [1.165, 1.54) is 26.4 Å². The number of aromatic nitrogens is 2. The van der Waals surface area contributed by atoms with Crippen molar-refractivity contribution in [1.82, 2.24) is 9.78 Å². The van der Waals surface area contributed by atoms with Crippen molar-refractivity contribution in [2.45, 2.75) is 18.7 Å². The van der Waals surface area contributed by atoms with E-state index in [0.29, 0.717) is 22.9 Å². The van der Waals surface area contributed by atoms with E-state index in [2.05, 4.69) is 9.82 Å². The molecule has 0 amide bonds. The highest BCUT2D eigenvalue weighted by atomic mass is 32.3. The van der Waals surface area contributed by atoms with Gasteiger partial charge >= 0.3 is 10.4 Å². The summed E-state index contributed by atoms with van der Waals surface area (Å²) < 4.78 is 37.7. The van der Waals surface area contributed by atoms with E-state index < -0.39 is 10.4 Å². The zero-order valence-electron chi connectivity index (χ0n) is 13.2. The number of methoxy groups -OCH3 is 2. The number of anilines is 1. The number of nitrogens with one attached hydrogen (secondary N) is 1. The average molecular weight is 326 g/mol. The van der Waals surface area contributed by atoms with Gasteiger partial charge in [0.15, 0.2) is 11.5 Å². The van der Waals surface area contributed by atoms with E-state index in [1.54, 1.807) is 24.7 Å². The second-order valence-electron chi connectivity index (χ2n) is 4.81. The minimum absolute atomic E-state index is 0.202. The topological polar surface area (TPSA) is 85.6 Å². The quantitative estimate of drug-likeness (QED) is 0.824. The summed E-state index contributed by atoms with van der Waals surface area (Å²) in [5, 5.41) is 4.22. The predicted molar refractivity (Wildman–Crippen MR) is 84.8 cm³/mol. The maximum Gasteiger partial charge on any atom is 0.346 e. The molecule has 0 saturated heterocycles. The first-order chi connectivity index (χ1) is 10.3. The van der Waals surface area contributed by atoms with Crippen molar-refractivity contribution in [2.24, 2.45) is 7.05 Å². The van der Waals surface area contributed by atoms with Gasteiger partial charge in [0.25, 0.3) is 0 Å². The Labute approximate surface area is 130 Å². The monoisotopic (exact) mass is 326 g/mol. The van der Waals surface area contributed by atoms with Crippen LogP contribution in [0, 0.1) is 13.8 Å². The van der Waals surface area contributed by atoms with Crippen LogP contribution in [0.5, 0.6) is 11.5 Å². The fraction of sp³-hybridized carbons (Fsp3) is 0.357. The lowest BCUT2D eigenvalue weighted by Crippen LogP contribution is -2.21. The molecule has 1 atom stereocenters. The van der Waals surface area contributed by atoms with Crippen molar-refractivity contribution in [3.05, 3.63) is 29.6 Å². The maximum absolute atomic E-state index is 12.6. The molecular weight excluding hydrogens is 306 g/mol. The number of ether oxygens (including phenoxy) is 2. The third kappa shape index (κ3) is 2.93. The summed E-state index contributed by atoms with van der Waals surface area (Å²) in [6.07, 6.45) is 0. The van der Waals surface area contributed by atoms with Crippen molar-refractivity contribution in [3.8, 4) is 11.5 Å². The molecule has 2 N–H and O–H groups in total. The molecule has 0 radical (unpaired) electrons. The van der Waals surface area contributed by atoms with Crippen molar-refractivity contribution in [2.75, 3.05) is 18.9 Å². The zero-order valence-corrected chi connectivity index (χ0v) is 14.0. The van der Waals surface area contributed by atoms with Gasteiger partial charge in [0, 0.05) is 19.2 Å². The van der Waals surface area contributed by atoms with E-state index in [0.717, 1.165) is 5.69 Å². The van der Waals surface area contributed by atoms with E-state index in [-0.39, 0.29) is 4.90 Å². The van der Waals surface area contributed by atoms with Gasteiger partial charge in [0.2, 0.25) is 4.90 Å². The number of benzene rings is 1. The van der Waals surface area contributed by atoms with Gasteiger partial charge in [-0.1, -0.05) is 0 Å². The molecule has 8 heteroatoms. The number of nitrogens with zero attached hydrogens (tertiary/aromatic N) is 2. The number of aryl methyl sites for hydroxylation is 2. The summed E-state index contributed by atoms with van der Waals surface area (Å²) in [6.45, 7) is 3.60. The van der Waals surface area contributed by atoms with Gasteiger partial charge in [0.05, 0.1) is 25.6 Å². The highest BCUT2D eigenvalue weighted by Crippen LogP contribution is 2.32. The van der Waals surface area contributed by atoms with E-state index in [1.807, 2.05) is 6.92 Å². The van der Waals surface area contributed by atoms with Gasteiger partial charge in [-0.15, -0.1) is 0 Å². The van der Waals surface area contributed by atoms with Crippen molar-refractivity contribution in [1.29, 1.82) is 0 Å². The van der Waals surface area contributed by atoms with Gasteiger partial charge in [0.1, 0.15) is 5.69 Å². The lowest BCUT2D eigenvalue weighted by atomic mass is 10.3. The molecule has 7 nitrogen and oxygen atoms in total. The van der Waals surface area contributed by atoms with Crippen LogP contribution in [0.1, 0.15) is 11.4 Å². The molecule has 0 fully saturated rings. The third-order valence-corrected chi connectivity index (χ3v) is 4.80.